The first kappa shape index (κ1) is 30.3. The predicted octanol–water partition coefficient (Wildman–Crippen LogP) is 1.65. The summed E-state index contributed by atoms with van der Waals surface area (Å²) in [6.07, 6.45) is -7.19. The molecule has 0 aromatic heterocycles. The van der Waals surface area contributed by atoms with Crippen LogP contribution in [0.5, 0.6) is 0 Å². The van der Waals surface area contributed by atoms with E-state index < -0.39 is 82.2 Å². The smallest absolute Gasteiger partial charge is 0.338 e. The average Bonchev–Trinajstić information content (AvgIpc) is 2.90. The lowest BCUT2D eigenvalue weighted by atomic mass is 9.44. The molecule has 9 atom stereocenters. The van der Waals surface area contributed by atoms with Crippen molar-refractivity contribution in [2.75, 3.05) is 6.61 Å². The fraction of sp³-hybridized carbons (Fsp3) is 0.613. The van der Waals surface area contributed by atoms with Crippen LogP contribution in [0.25, 0.3) is 0 Å². The second-order valence-electron chi connectivity index (χ2n) is 12.8. The monoisotopic (exact) mass is 586 g/mol. The number of hydrogen-bond donors (Lipinski definition) is 3. The molecule has 11 nitrogen and oxygen atoms in total. The zero-order chi connectivity index (χ0) is 31.0. The zero-order valence-electron chi connectivity index (χ0n) is 24.6. The molecule has 9 unspecified atom stereocenters. The molecule has 5 rings (SSSR count). The minimum Gasteiger partial charge on any atom is -0.458 e. The third kappa shape index (κ3) is 4.08. The number of esters is 3. The third-order valence-electron chi connectivity index (χ3n) is 10.2. The summed E-state index contributed by atoms with van der Waals surface area (Å²) in [6.45, 7) is 8.48. The number of Topliss-reactive ketones (excluding diaryl/α,β-unsaturated/α-hetero) is 1. The molecule has 1 aromatic carbocycles. The molecule has 3 aliphatic carbocycles. The van der Waals surface area contributed by atoms with Crippen molar-refractivity contribution < 1.29 is 53.4 Å². The molecular formula is C31H38O11. The Morgan fingerprint density at radius 1 is 1.00 bits per heavy atom. The van der Waals surface area contributed by atoms with Gasteiger partial charge in [0.15, 0.2) is 11.4 Å². The zero-order valence-corrected chi connectivity index (χ0v) is 24.6. The van der Waals surface area contributed by atoms with Gasteiger partial charge in [0.25, 0.3) is 0 Å². The van der Waals surface area contributed by atoms with E-state index in [2.05, 4.69) is 0 Å². The minimum atomic E-state index is -2.11. The molecule has 2 saturated carbocycles. The fourth-order valence-corrected chi connectivity index (χ4v) is 7.97. The van der Waals surface area contributed by atoms with Crippen molar-refractivity contribution >= 4 is 23.7 Å². The largest absolute Gasteiger partial charge is 0.458 e. The van der Waals surface area contributed by atoms with E-state index in [-0.39, 0.29) is 30.6 Å². The molecule has 0 amide bonds. The molecule has 3 N–H and O–H groups in total. The molecule has 1 heterocycles. The second-order valence-corrected chi connectivity index (χ2v) is 12.8. The molecule has 42 heavy (non-hydrogen) atoms. The Kier molecular flexibility index (Phi) is 7.20. The molecule has 4 aliphatic rings. The molecule has 1 saturated heterocycles. The van der Waals surface area contributed by atoms with Crippen LogP contribution in [-0.4, -0.2) is 87.3 Å². The molecular weight excluding hydrogens is 548 g/mol. The van der Waals surface area contributed by atoms with Crippen LogP contribution in [0.15, 0.2) is 41.5 Å². The molecule has 1 aliphatic heterocycles. The number of aliphatic hydroxyl groups is 3. The van der Waals surface area contributed by atoms with Crippen LogP contribution in [0.4, 0.5) is 0 Å². The van der Waals surface area contributed by atoms with Crippen LogP contribution in [0.2, 0.25) is 0 Å². The average molecular weight is 587 g/mol. The van der Waals surface area contributed by atoms with E-state index in [1.54, 1.807) is 39.0 Å². The van der Waals surface area contributed by atoms with Crippen molar-refractivity contribution in [1.82, 2.24) is 0 Å². The highest BCUT2D eigenvalue weighted by molar-refractivity contribution is 5.94. The second kappa shape index (κ2) is 9.97. The first-order valence-corrected chi connectivity index (χ1v) is 14.1. The van der Waals surface area contributed by atoms with E-state index in [0.29, 0.717) is 5.57 Å². The van der Waals surface area contributed by atoms with Gasteiger partial charge in [-0.15, -0.1) is 0 Å². The summed E-state index contributed by atoms with van der Waals surface area (Å²) in [5.74, 6) is -4.35. The van der Waals surface area contributed by atoms with Crippen LogP contribution in [0, 0.1) is 16.7 Å². The number of benzene rings is 1. The number of fused-ring (bicyclic) bond motifs is 5. The van der Waals surface area contributed by atoms with Gasteiger partial charge in [-0.1, -0.05) is 32.0 Å². The lowest BCUT2D eigenvalue weighted by molar-refractivity contribution is -0.345. The summed E-state index contributed by atoms with van der Waals surface area (Å²) in [4.78, 5) is 52.9. The Hall–Kier alpha value is -3.12. The molecule has 0 spiro atoms. The van der Waals surface area contributed by atoms with Crippen LogP contribution < -0.4 is 0 Å². The highest BCUT2D eigenvalue weighted by Gasteiger charge is 2.78. The van der Waals surface area contributed by atoms with E-state index in [4.69, 9.17) is 18.9 Å². The molecule has 11 heteroatoms. The van der Waals surface area contributed by atoms with Crippen molar-refractivity contribution in [2.45, 2.75) is 96.1 Å². The van der Waals surface area contributed by atoms with E-state index in [9.17, 15) is 34.5 Å². The lowest BCUT2D eigenvalue weighted by Crippen LogP contribution is -2.81. The van der Waals surface area contributed by atoms with E-state index in [1.165, 1.54) is 32.9 Å². The van der Waals surface area contributed by atoms with Gasteiger partial charge in [-0.2, -0.15) is 0 Å². The predicted molar refractivity (Wildman–Crippen MR) is 145 cm³/mol. The first-order valence-electron chi connectivity index (χ1n) is 14.1. The minimum absolute atomic E-state index is 0.103. The summed E-state index contributed by atoms with van der Waals surface area (Å²) in [6, 6.07) is 8.05. The lowest BCUT2D eigenvalue weighted by Gasteiger charge is -2.67. The summed E-state index contributed by atoms with van der Waals surface area (Å²) in [5, 5.41) is 36.2. The van der Waals surface area contributed by atoms with Crippen molar-refractivity contribution in [2.24, 2.45) is 16.7 Å². The van der Waals surface area contributed by atoms with Gasteiger partial charge in [-0.05, 0) is 37.1 Å². The van der Waals surface area contributed by atoms with Gasteiger partial charge in [-0.3, -0.25) is 14.4 Å². The Balaban J connectivity index is 1.82. The standard InChI is InChI=1S/C31H38O11/c1-15-19(40-16(2)32)13-31(38)26(41-27(37)18-10-8-7-9-11-18)24-29(6,25(36)23(35)22(15)28(31,4)5)20(34)12-21-30(24,14-39-21)42-17(3)33/h7-11,19-21,23-24,26,34-35,38H,12-14H2,1-6H3. The third-order valence-corrected chi connectivity index (χ3v) is 10.2. The number of carbonyl (C=O) groups excluding carboxylic acids is 4. The van der Waals surface area contributed by atoms with Gasteiger partial charge in [0.2, 0.25) is 0 Å². The molecule has 2 bridgehead atoms. The van der Waals surface area contributed by atoms with Gasteiger partial charge >= 0.3 is 17.9 Å². The summed E-state index contributed by atoms with van der Waals surface area (Å²) in [7, 11) is 0. The number of ether oxygens (including phenoxy) is 4. The quantitative estimate of drug-likeness (QED) is 0.267. The van der Waals surface area contributed by atoms with Gasteiger partial charge in [-0.25, -0.2) is 4.79 Å². The van der Waals surface area contributed by atoms with Crippen molar-refractivity contribution in [3.63, 3.8) is 0 Å². The molecule has 0 radical (unpaired) electrons. The SMILES string of the molecule is CC(=O)OC1CC2(O)C(OC(=O)c3ccccc3)C3C4(OC(C)=O)COC4CC(O)C3(C)C(=O)C(O)C(=C1C)C2(C)C. The Bertz CT molecular complexity index is 1350. The van der Waals surface area contributed by atoms with Gasteiger partial charge in [0.1, 0.15) is 30.0 Å². The van der Waals surface area contributed by atoms with E-state index in [0.717, 1.165) is 0 Å². The van der Waals surface area contributed by atoms with E-state index in [1.807, 2.05) is 0 Å². The van der Waals surface area contributed by atoms with E-state index >= 15 is 0 Å². The molecule has 1 aromatic rings. The number of aliphatic hydroxyl groups excluding tert-OH is 2. The maximum atomic E-state index is 14.5. The Morgan fingerprint density at radius 3 is 2.19 bits per heavy atom. The highest BCUT2D eigenvalue weighted by Crippen LogP contribution is 2.64. The topological polar surface area (TPSA) is 166 Å². The van der Waals surface area contributed by atoms with Crippen molar-refractivity contribution in [3.8, 4) is 0 Å². The summed E-state index contributed by atoms with van der Waals surface area (Å²) < 4.78 is 23.4. The maximum Gasteiger partial charge on any atom is 0.338 e. The number of hydrogen-bond acceptors (Lipinski definition) is 11. The summed E-state index contributed by atoms with van der Waals surface area (Å²) >= 11 is 0. The fourth-order valence-electron chi connectivity index (χ4n) is 7.97. The van der Waals surface area contributed by atoms with Gasteiger partial charge in [0.05, 0.1) is 29.6 Å². The van der Waals surface area contributed by atoms with Gasteiger partial charge in [0, 0.05) is 32.1 Å². The number of rotatable bonds is 4. The van der Waals surface area contributed by atoms with Crippen LogP contribution in [0.1, 0.15) is 64.7 Å². The first-order chi connectivity index (χ1) is 19.5. The van der Waals surface area contributed by atoms with Crippen molar-refractivity contribution in [1.29, 1.82) is 0 Å². The number of carbonyl (C=O) groups is 4. The highest BCUT2D eigenvalue weighted by atomic mass is 16.6. The number of ketones is 1. The Labute approximate surface area is 243 Å². The normalized spacial score (nSPS) is 40.4. The van der Waals surface area contributed by atoms with Crippen molar-refractivity contribution in [3.05, 3.63) is 47.0 Å². The van der Waals surface area contributed by atoms with Crippen LogP contribution >= 0.6 is 0 Å². The molecule has 228 valence electrons. The Morgan fingerprint density at radius 2 is 1.64 bits per heavy atom. The van der Waals surface area contributed by atoms with Gasteiger partial charge < -0.3 is 34.3 Å². The van der Waals surface area contributed by atoms with Crippen LogP contribution in [0.3, 0.4) is 0 Å². The molecule has 3 fully saturated rings. The van der Waals surface area contributed by atoms with Crippen LogP contribution in [-0.2, 0) is 33.3 Å². The summed E-state index contributed by atoms with van der Waals surface area (Å²) in [5.41, 5.74) is -6.37. The maximum absolute atomic E-state index is 14.5.